The molecule has 5 rings (SSSR count). The monoisotopic (exact) mass is 390 g/mol. The average Bonchev–Trinajstić information content (AvgIpc) is 3.35. The van der Waals surface area contributed by atoms with E-state index in [4.69, 9.17) is 15.4 Å². The summed E-state index contributed by atoms with van der Waals surface area (Å²) >= 11 is 0. The first-order valence-electron chi connectivity index (χ1n) is 9.88. The average molecular weight is 390 g/mol. The van der Waals surface area contributed by atoms with Gasteiger partial charge in [0, 0.05) is 24.4 Å². The second-order valence-electron chi connectivity index (χ2n) is 7.66. The van der Waals surface area contributed by atoms with Crippen LogP contribution >= 0.6 is 0 Å². The van der Waals surface area contributed by atoms with Gasteiger partial charge in [-0.3, -0.25) is 0 Å². The Kier molecular flexibility index (Phi) is 4.04. The van der Waals surface area contributed by atoms with Crippen LogP contribution in [-0.4, -0.2) is 34.9 Å². The molecule has 9 nitrogen and oxygen atoms in total. The van der Waals surface area contributed by atoms with Gasteiger partial charge in [-0.05, 0) is 38.7 Å². The molecule has 0 aromatic carbocycles. The molecule has 0 radical (unpaired) electrons. The molecule has 2 N–H and O–H groups in total. The number of fused-ring (bicyclic) bond motifs is 1. The van der Waals surface area contributed by atoms with Crippen LogP contribution in [0.2, 0.25) is 0 Å². The standard InChI is InChI=1S/C20H22N8O/c1-4-11-7-22-19(23-8-11)13-16(27-29-17(13)12-5-6-12)15-14-18(21)24-9-25-20(14)28(26-15)10(2)3/h7-10,12H,4-6H2,1-3H3,(H2,21,24,25). The Morgan fingerprint density at radius 1 is 1.14 bits per heavy atom. The number of nitrogens with zero attached hydrogens (tertiary/aromatic N) is 7. The second-order valence-corrected chi connectivity index (χ2v) is 7.66. The fourth-order valence-electron chi connectivity index (χ4n) is 3.49. The Bertz CT molecular complexity index is 1190. The van der Waals surface area contributed by atoms with Crippen molar-refractivity contribution in [3.63, 3.8) is 0 Å². The Morgan fingerprint density at radius 3 is 2.55 bits per heavy atom. The topological polar surface area (TPSA) is 121 Å². The predicted octanol–water partition coefficient (Wildman–Crippen LogP) is 3.54. The zero-order chi connectivity index (χ0) is 20.1. The highest BCUT2D eigenvalue weighted by molar-refractivity contribution is 6.00. The van der Waals surface area contributed by atoms with Gasteiger partial charge in [0.25, 0.3) is 0 Å². The number of aromatic nitrogens is 7. The molecule has 148 valence electrons. The maximum Gasteiger partial charge on any atom is 0.165 e. The quantitative estimate of drug-likeness (QED) is 0.549. The van der Waals surface area contributed by atoms with E-state index in [1.165, 1.54) is 6.33 Å². The molecule has 1 saturated carbocycles. The molecular formula is C20H22N8O. The summed E-state index contributed by atoms with van der Waals surface area (Å²) in [4.78, 5) is 17.7. The molecule has 4 heterocycles. The first kappa shape index (κ1) is 17.7. The maximum atomic E-state index is 6.22. The lowest BCUT2D eigenvalue weighted by atomic mass is 10.1. The van der Waals surface area contributed by atoms with Crippen LogP contribution in [0.5, 0.6) is 0 Å². The number of rotatable bonds is 5. The third-order valence-corrected chi connectivity index (χ3v) is 5.24. The molecule has 0 bridgehead atoms. The van der Waals surface area contributed by atoms with E-state index in [1.54, 1.807) is 0 Å². The summed E-state index contributed by atoms with van der Waals surface area (Å²) in [6.45, 7) is 6.16. The highest BCUT2D eigenvalue weighted by atomic mass is 16.5. The zero-order valence-electron chi connectivity index (χ0n) is 16.6. The molecule has 0 unspecified atom stereocenters. The molecule has 0 amide bonds. The van der Waals surface area contributed by atoms with Crippen molar-refractivity contribution in [1.29, 1.82) is 0 Å². The van der Waals surface area contributed by atoms with E-state index in [9.17, 15) is 0 Å². The molecule has 1 fully saturated rings. The predicted molar refractivity (Wildman–Crippen MR) is 108 cm³/mol. The van der Waals surface area contributed by atoms with Gasteiger partial charge in [-0.25, -0.2) is 24.6 Å². The molecule has 0 spiro atoms. The number of nitrogen functional groups attached to an aromatic ring is 1. The van der Waals surface area contributed by atoms with Gasteiger partial charge in [-0.1, -0.05) is 12.1 Å². The molecule has 0 saturated heterocycles. The molecule has 0 atom stereocenters. The largest absolute Gasteiger partial charge is 0.383 e. The van der Waals surface area contributed by atoms with Crippen molar-refractivity contribution in [3.05, 3.63) is 30.0 Å². The van der Waals surface area contributed by atoms with Gasteiger partial charge in [-0.2, -0.15) is 5.10 Å². The minimum Gasteiger partial charge on any atom is -0.383 e. The molecular weight excluding hydrogens is 368 g/mol. The SMILES string of the molecule is CCc1cnc(-c2c(-c3nn(C(C)C)c4ncnc(N)c34)noc2C2CC2)nc1. The number of anilines is 1. The van der Waals surface area contributed by atoms with Crippen molar-refractivity contribution in [2.75, 3.05) is 5.73 Å². The zero-order valence-corrected chi connectivity index (χ0v) is 16.6. The lowest BCUT2D eigenvalue weighted by Crippen LogP contribution is -2.04. The van der Waals surface area contributed by atoms with E-state index in [1.807, 2.05) is 30.9 Å². The summed E-state index contributed by atoms with van der Waals surface area (Å²) < 4.78 is 7.62. The van der Waals surface area contributed by atoms with Crippen LogP contribution in [0, 0.1) is 0 Å². The van der Waals surface area contributed by atoms with Crippen LogP contribution < -0.4 is 5.73 Å². The Morgan fingerprint density at radius 2 is 1.90 bits per heavy atom. The summed E-state index contributed by atoms with van der Waals surface area (Å²) in [5.41, 5.74) is 9.94. The van der Waals surface area contributed by atoms with Crippen LogP contribution in [0.3, 0.4) is 0 Å². The van der Waals surface area contributed by atoms with Gasteiger partial charge in [0.05, 0.1) is 10.9 Å². The molecule has 4 aromatic heterocycles. The van der Waals surface area contributed by atoms with Crippen LogP contribution in [0.15, 0.2) is 23.2 Å². The first-order valence-corrected chi connectivity index (χ1v) is 9.88. The van der Waals surface area contributed by atoms with E-state index in [0.717, 1.165) is 36.1 Å². The normalized spacial score (nSPS) is 14.2. The van der Waals surface area contributed by atoms with E-state index >= 15 is 0 Å². The third kappa shape index (κ3) is 2.84. The summed E-state index contributed by atoms with van der Waals surface area (Å²) in [5.74, 6) is 2.10. The van der Waals surface area contributed by atoms with Crippen molar-refractivity contribution >= 4 is 16.9 Å². The van der Waals surface area contributed by atoms with Crippen LogP contribution in [0.1, 0.15) is 56.9 Å². The van der Waals surface area contributed by atoms with E-state index in [0.29, 0.717) is 40.0 Å². The molecule has 1 aliphatic carbocycles. The van der Waals surface area contributed by atoms with Crippen LogP contribution in [0.4, 0.5) is 5.82 Å². The van der Waals surface area contributed by atoms with Gasteiger partial charge in [0.1, 0.15) is 23.5 Å². The minimum atomic E-state index is 0.0962. The maximum absolute atomic E-state index is 6.22. The van der Waals surface area contributed by atoms with Gasteiger partial charge < -0.3 is 10.3 Å². The van der Waals surface area contributed by atoms with Gasteiger partial charge in [-0.15, -0.1) is 0 Å². The van der Waals surface area contributed by atoms with Crippen molar-refractivity contribution in [2.24, 2.45) is 0 Å². The van der Waals surface area contributed by atoms with Crippen molar-refractivity contribution < 1.29 is 4.52 Å². The van der Waals surface area contributed by atoms with Crippen molar-refractivity contribution in [3.8, 4) is 22.8 Å². The summed E-state index contributed by atoms with van der Waals surface area (Å²) in [7, 11) is 0. The Balaban J connectivity index is 1.77. The summed E-state index contributed by atoms with van der Waals surface area (Å²) in [5, 5.41) is 9.85. The second kappa shape index (κ2) is 6.61. The molecule has 1 aliphatic rings. The highest BCUT2D eigenvalue weighted by Crippen LogP contribution is 2.47. The number of hydrogen-bond acceptors (Lipinski definition) is 8. The molecule has 0 aliphatic heterocycles. The van der Waals surface area contributed by atoms with Crippen LogP contribution in [-0.2, 0) is 6.42 Å². The smallest absolute Gasteiger partial charge is 0.165 e. The van der Waals surface area contributed by atoms with Gasteiger partial charge in [0.15, 0.2) is 17.2 Å². The third-order valence-electron chi connectivity index (χ3n) is 5.24. The van der Waals surface area contributed by atoms with E-state index in [-0.39, 0.29) is 6.04 Å². The summed E-state index contributed by atoms with van der Waals surface area (Å²) in [6, 6.07) is 0.0962. The van der Waals surface area contributed by atoms with Crippen molar-refractivity contribution in [2.45, 2.75) is 52.0 Å². The Hall–Kier alpha value is -3.36. The number of nitrogens with two attached hydrogens (primary N) is 1. The fourth-order valence-corrected chi connectivity index (χ4v) is 3.49. The first-order chi connectivity index (χ1) is 14.1. The molecule has 9 heteroatoms. The molecule has 4 aromatic rings. The van der Waals surface area contributed by atoms with Gasteiger partial charge >= 0.3 is 0 Å². The number of hydrogen-bond donors (Lipinski definition) is 1. The lowest BCUT2D eigenvalue weighted by Gasteiger charge is -2.05. The van der Waals surface area contributed by atoms with Crippen molar-refractivity contribution in [1.82, 2.24) is 34.9 Å². The van der Waals surface area contributed by atoms with E-state index < -0.39 is 0 Å². The summed E-state index contributed by atoms with van der Waals surface area (Å²) in [6.07, 6.45) is 8.16. The molecule has 29 heavy (non-hydrogen) atoms. The highest BCUT2D eigenvalue weighted by Gasteiger charge is 2.36. The lowest BCUT2D eigenvalue weighted by molar-refractivity contribution is 0.386. The number of aryl methyl sites for hydroxylation is 1. The minimum absolute atomic E-state index is 0.0962. The van der Waals surface area contributed by atoms with E-state index in [2.05, 4.69) is 32.0 Å². The van der Waals surface area contributed by atoms with Crippen LogP contribution in [0.25, 0.3) is 33.8 Å². The fraction of sp³-hybridized carbons (Fsp3) is 0.400. The van der Waals surface area contributed by atoms with Gasteiger partial charge in [0.2, 0.25) is 0 Å². The Labute approximate surface area is 167 Å².